The van der Waals surface area contributed by atoms with Gasteiger partial charge in [0.1, 0.15) is 5.69 Å². The van der Waals surface area contributed by atoms with Crippen LogP contribution in [0.1, 0.15) is 21.9 Å². The molecule has 0 atom stereocenters. The van der Waals surface area contributed by atoms with E-state index in [1.54, 1.807) is 18.3 Å². The molecule has 0 amide bonds. The molecule has 5 heteroatoms. The molecule has 0 aliphatic carbocycles. The first kappa shape index (κ1) is 13.9. The Morgan fingerprint density at radius 3 is 2.32 bits per heavy atom. The van der Waals surface area contributed by atoms with Crippen molar-refractivity contribution in [1.29, 1.82) is 0 Å². The topological polar surface area (TPSA) is 76.0 Å². The van der Waals surface area contributed by atoms with Crippen molar-refractivity contribution >= 4 is 5.97 Å². The summed E-state index contributed by atoms with van der Waals surface area (Å²) in [4.78, 5) is 23.9. The maximum absolute atomic E-state index is 11.0. The fraction of sp³-hybridized carbons (Fsp3) is 0.0588. The third kappa shape index (κ3) is 3.15. The zero-order valence-electron chi connectivity index (χ0n) is 11.7. The Morgan fingerprint density at radius 2 is 1.59 bits per heavy atom. The van der Waals surface area contributed by atoms with Crippen LogP contribution in [0.2, 0.25) is 0 Å². The molecule has 0 aliphatic heterocycles. The minimum atomic E-state index is -1.03. The van der Waals surface area contributed by atoms with E-state index in [1.807, 2.05) is 36.4 Å². The molecule has 3 rings (SSSR count). The average molecular weight is 291 g/mol. The lowest BCUT2D eigenvalue weighted by molar-refractivity contribution is 0.0690. The van der Waals surface area contributed by atoms with Crippen LogP contribution in [0.5, 0.6) is 0 Å². The van der Waals surface area contributed by atoms with Crippen molar-refractivity contribution in [2.45, 2.75) is 6.42 Å². The number of carbonyl (C=O) groups is 1. The highest BCUT2D eigenvalue weighted by atomic mass is 16.4. The Bertz CT molecular complexity index is 804. The van der Waals surface area contributed by atoms with Crippen LogP contribution in [0.4, 0.5) is 0 Å². The van der Waals surface area contributed by atoms with E-state index < -0.39 is 5.97 Å². The second kappa shape index (κ2) is 6.13. The predicted octanol–water partition coefficient (Wildman–Crippen LogP) is 2.83. The molecule has 0 unspecified atom stereocenters. The van der Waals surface area contributed by atoms with E-state index in [0.717, 1.165) is 17.1 Å². The highest BCUT2D eigenvalue weighted by Crippen LogP contribution is 2.15. The summed E-state index contributed by atoms with van der Waals surface area (Å²) in [7, 11) is 0. The van der Waals surface area contributed by atoms with Gasteiger partial charge in [-0.3, -0.25) is 9.97 Å². The van der Waals surface area contributed by atoms with Gasteiger partial charge in [0.2, 0.25) is 0 Å². The van der Waals surface area contributed by atoms with Gasteiger partial charge in [-0.15, -0.1) is 0 Å². The largest absolute Gasteiger partial charge is 0.477 e. The summed E-state index contributed by atoms with van der Waals surface area (Å²) in [6, 6.07) is 16.3. The minimum Gasteiger partial charge on any atom is -0.477 e. The molecule has 1 N–H and O–H groups in total. The van der Waals surface area contributed by atoms with Gasteiger partial charge >= 0.3 is 5.97 Å². The fourth-order valence-corrected chi connectivity index (χ4v) is 2.12. The highest BCUT2D eigenvalue weighted by Gasteiger charge is 2.07. The van der Waals surface area contributed by atoms with Gasteiger partial charge in [-0.25, -0.2) is 9.78 Å². The van der Waals surface area contributed by atoms with Gasteiger partial charge in [-0.2, -0.15) is 0 Å². The Kier molecular flexibility index (Phi) is 3.87. The van der Waals surface area contributed by atoms with Gasteiger partial charge in [-0.05, 0) is 36.4 Å². The summed E-state index contributed by atoms with van der Waals surface area (Å²) in [5.74, 6) is -1.03. The molecule has 0 radical (unpaired) electrons. The van der Waals surface area contributed by atoms with Gasteiger partial charge in [-0.1, -0.05) is 18.2 Å². The summed E-state index contributed by atoms with van der Waals surface area (Å²) in [5, 5.41) is 8.98. The molecular formula is C17H13N3O2. The smallest absolute Gasteiger partial charge is 0.354 e. The number of nitrogens with zero attached hydrogens (tertiary/aromatic N) is 3. The molecule has 22 heavy (non-hydrogen) atoms. The van der Waals surface area contributed by atoms with Crippen molar-refractivity contribution < 1.29 is 9.90 Å². The first-order chi connectivity index (χ1) is 10.7. The number of aromatic nitrogens is 3. The lowest BCUT2D eigenvalue weighted by atomic mass is 10.1. The van der Waals surface area contributed by atoms with Gasteiger partial charge in [0, 0.05) is 24.0 Å². The van der Waals surface area contributed by atoms with Crippen LogP contribution in [0.15, 0.2) is 60.8 Å². The van der Waals surface area contributed by atoms with E-state index in [0.29, 0.717) is 12.1 Å². The summed E-state index contributed by atoms with van der Waals surface area (Å²) in [5.41, 5.74) is 3.12. The SMILES string of the molecule is O=C(O)c1cccc(Cc2cccc(-c3ccccn3)n2)n1. The minimum absolute atomic E-state index is 0.0402. The van der Waals surface area contributed by atoms with Crippen LogP contribution in [0, 0.1) is 0 Å². The summed E-state index contributed by atoms with van der Waals surface area (Å²) in [6.07, 6.45) is 2.20. The number of carboxylic acid groups (broad SMARTS) is 1. The summed E-state index contributed by atoms with van der Waals surface area (Å²) < 4.78 is 0. The lowest BCUT2D eigenvalue weighted by Gasteiger charge is -2.05. The number of hydrogen-bond donors (Lipinski definition) is 1. The summed E-state index contributed by atoms with van der Waals surface area (Å²) in [6.45, 7) is 0. The van der Waals surface area contributed by atoms with Crippen LogP contribution in [0.25, 0.3) is 11.4 Å². The van der Waals surface area contributed by atoms with Crippen LogP contribution in [0.3, 0.4) is 0 Å². The monoisotopic (exact) mass is 291 g/mol. The van der Waals surface area contributed by atoms with Gasteiger partial charge in [0.15, 0.2) is 0 Å². The second-order valence-corrected chi connectivity index (χ2v) is 4.73. The molecule has 0 spiro atoms. The number of hydrogen-bond acceptors (Lipinski definition) is 4. The number of carboxylic acids is 1. The third-order valence-corrected chi connectivity index (χ3v) is 3.12. The number of aromatic carboxylic acids is 1. The van der Waals surface area contributed by atoms with Crippen LogP contribution in [-0.4, -0.2) is 26.0 Å². The van der Waals surface area contributed by atoms with E-state index in [2.05, 4.69) is 15.0 Å². The molecule has 0 aromatic carbocycles. The van der Waals surface area contributed by atoms with E-state index in [-0.39, 0.29) is 5.69 Å². The highest BCUT2D eigenvalue weighted by molar-refractivity contribution is 5.85. The third-order valence-electron chi connectivity index (χ3n) is 3.12. The average Bonchev–Trinajstić information content (AvgIpc) is 2.56. The van der Waals surface area contributed by atoms with Crippen molar-refractivity contribution in [1.82, 2.24) is 15.0 Å². The standard InChI is InChI=1S/C17H13N3O2/c21-17(22)16-9-4-6-13(20-16)11-12-5-3-8-15(19-12)14-7-1-2-10-18-14/h1-10H,11H2,(H,21,22). The molecule has 0 saturated carbocycles. The quantitative estimate of drug-likeness (QED) is 0.800. The first-order valence-corrected chi connectivity index (χ1v) is 6.79. The van der Waals surface area contributed by atoms with Crippen LogP contribution >= 0.6 is 0 Å². The van der Waals surface area contributed by atoms with Crippen LogP contribution < -0.4 is 0 Å². The maximum Gasteiger partial charge on any atom is 0.354 e. The van der Waals surface area contributed by atoms with Crippen molar-refractivity contribution in [3.05, 3.63) is 77.9 Å². The predicted molar refractivity (Wildman–Crippen MR) is 81.5 cm³/mol. The van der Waals surface area contributed by atoms with E-state index in [1.165, 1.54) is 6.07 Å². The normalized spacial score (nSPS) is 10.4. The Balaban J connectivity index is 1.87. The molecule has 0 fully saturated rings. The lowest BCUT2D eigenvalue weighted by Crippen LogP contribution is -2.03. The van der Waals surface area contributed by atoms with Crippen molar-refractivity contribution in [2.24, 2.45) is 0 Å². The van der Waals surface area contributed by atoms with Gasteiger partial charge < -0.3 is 5.11 Å². The Morgan fingerprint density at radius 1 is 0.864 bits per heavy atom. The second-order valence-electron chi connectivity index (χ2n) is 4.73. The Labute approximate surface area is 127 Å². The van der Waals surface area contributed by atoms with Gasteiger partial charge in [0.05, 0.1) is 11.4 Å². The van der Waals surface area contributed by atoms with Crippen molar-refractivity contribution in [3.63, 3.8) is 0 Å². The zero-order valence-corrected chi connectivity index (χ0v) is 11.7. The first-order valence-electron chi connectivity index (χ1n) is 6.79. The number of rotatable bonds is 4. The molecule has 3 aromatic rings. The molecule has 3 aromatic heterocycles. The van der Waals surface area contributed by atoms with Gasteiger partial charge in [0.25, 0.3) is 0 Å². The zero-order chi connectivity index (χ0) is 15.4. The van der Waals surface area contributed by atoms with E-state index in [9.17, 15) is 4.79 Å². The van der Waals surface area contributed by atoms with Crippen LogP contribution in [-0.2, 0) is 6.42 Å². The summed E-state index contributed by atoms with van der Waals surface area (Å²) >= 11 is 0. The molecule has 5 nitrogen and oxygen atoms in total. The fourth-order valence-electron chi connectivity index (χ4n) is 2.12. The van der Waals surface area contributed by atoms with E-state index in [4.69, 9.17) is 5.11 Å². The maximum atomic E-state index is 11.0. The molecular weight excluding hydrogens is 278 g/mol. The van der Waals surface area contributed by atoms with E-state index >= 15 is 0 Å². The van der Waals surface area contributed by atoms with Crippen molar-refractivity contribution in [2.75, 3.05) is 0 Å². The molecule has 108 valence electrons. The molecule has 0 bridgehead atoms. The van der Waals surface area contributed by atoms with Crippen molar-refractivity contribution in [3.8, 4) is 11.4 Å². The molecule has 0 saturated heterocycles. The molecule has 0 aliphatic rings. The molecule has 3 heterocycles. The number of pyridine rings is 3. The Hall–Kier alpha value is -3.08.